The van der Waals surface area contributed by atoms with E-state index in [9.17, 15) is 9.59 Å². The van der Waals surface area contributed by atoms with Crippen LogP contribution in [0.1, 0.15) is 36.0 Å². The Hall–Kier alpha value is -1.64. The van der Waals surface area contributed by atoms with Gasteiger partial charge in [0.15, 0.2) is 5.60 Å². The molecule has 1 aliphatic carbocycles. The van der Waals surface area contributed by atoms with Gasteiger partial charge in [-0.3, -0.25) is 9.59 Å². The number of rotatable bonds is 0. The third-order valence-corrected chi connectivity index (χ3v) is 3.47. The van der Waals surface area contributed by atoms with Crippen LogP contribution in [-0.2, 0) is 4.79 Å². The molecule has 0 radical (unpaired) electrons. The second kappa shape index (κ2) is 3.17. The summed E-state index contributed by atoms with van der Waals surface area (Å²) in [5.41, 5.74) is -0.0747. The highest BCUT2D eigenvalue weighted by Crippen LogP contribution is 2.42. The molecule has 0 unspecified atom stereocenters. The number of Topliss-reactive ketones (excluding diaryl/α,β-unsaturated/α-hetero) is 2. The lowest BCUT2D eigenvalue weighted by molar-refractivity contribution is -0.122. The van der Waals surface area contributed by atoms with E-state index in [0.717, 1.165) is 0 Å². The largest absolute Gasteiger partial charge is 0.478 e. The second-order valence-corrected chi connectivity index (χ2v) is 4.46. The fourth-order valence-corrected chi connectivity index (χ4v) is 2.51. The standard InChI is InChI=1S/C13H12O3/c14-9-5-7-13(8-6-9)12(15)10-3-1-2-4-11(10)16-13/h1-4H,5-8H2. The SMILES string of the molecule is O=C1CCC2(CC1)Oc1ccccc1C2=O. The smallest absolute Gasteiger partial charge is 0.210 e. The van der Waals surface area contributed by atoms with Crippen molar-refractivity contribution in [2.24, 2.45) is 0 Å². The number of para-hydroxylation sites is 1. The third kappa shape index (κ3) is 1.21. The maximum atomic E-state index is 12.2. The number of benzene rings is 1. The lowest BCUT2D eigenvalue weighted by Gasteiger charge is -2.30. The zero-order valence-corrected chi connectivity index (χ0v) is 8.86. The van der Waals surface area contributed by atoms with Crippen molar-refractivity contribution < 1.29 is 14.3 Å². The van der Waals surface area contributed by atoms with Gasteiger partial charge in [0.2, 0.25) is 5.78 Å². The lowest BCUT2D eigenvalue weighted by Crippen LogP contribution is -2.43. The Labute approximate surface area is 93.4 Å². The van der Waals surface area contributed by atoms with Crippen molar-refractivity contribution in [1.29, 1.82) is 0 Å². The molecule has 1 heterocycles. The minimum Gasteiger partial charge on any atom is -0.478 e. The number of ether oxygens (including phenoxy) is 1. The predicted octanol–water partition coefficient (Wildman–Crippen LogP) is 2.14. The van der Waals surface area contributed by atoms with Gasteiger partial charge in [-0.2, -0.15) is 0 Å². The normalized spacial score (nSPS) is 22.0. The highest BCUT2D eigenvalue weighted by Gasteiger charge is 2.49. The van der Waals surface area contributed by atoms with Crippen molar-refractivity contribution in [2.75, 3.05) is 0 Å². The summed E-state index contributed by atoms with van der Waals surface area (Å²) < 4.78 is 5.79. The molecule has 1 aromatic rings. The topological polar surface area (TPSA) is 43.4 Å². The average molecular weight is 216 g/mol. The number of hydrogen-bond donors (Lipinski definition) is 0. The van der Waals surface area contributed by atoms with E-state index < -0.39 is 5.60 Å². The van der Waals surface area contributed by atoms with Crippen molar-refractivity contribution in [3.63, 3.8) is 0 Å². The first kappa shape index (κ1) is 9.58. The van der Waals surface area contributed by atoms with Crippen LogP contribution in [0.5, 0.6) is 5.75 Å². The first-order chi connectivity index (χ1) is 7.71. The fourth-order valence-electron chi connectivity index (χ4n) is 2.51. The van der Waals surface area contributed by atoms with E-state index in [1.165, 1.54) is 0 Å². The van der Waals surface area contributed by atoms with Crippen LogP contribution in [0.4, 0.5) is 0 Å². The molecule has 0 saturated heterocycles. The lowest BCUT2D eigenvalue weighted by atomic mass is 9.80. The Balaban J connectivity index is 1.97. The molecule has 3 heteroatoms. The quantitative estimate of drug-likeness (QED) is 0.667. The zero-order valence-electron chi connectivity index (χ0n) is 8.86. The summed E-state index contributed by atoms with van der Waals surface area (Å²) in [6.45, 7) is 0. The fraction of sp³-hybridized carbons (Fsp3) is 0.385. The molecule has 0 atom stereocenters. The van der Waals surface area contributed by atoms with E-state index in [0.29, 0.717) is 37.0 Å². The maximum absolute atomic E-state index is 12.2. The summed E-state index contributed by atoms with van der Waals surface area (Å²) in [7, 11) is 0. The summed E-state index contributed by atoms with van der Waals surface area (Å²) in [6, 6.07) is 7.31. The van der Waals surface area contributed by atoms with Crippen LogP contribution < -0.4 is 4.74 Å². The second-order valence-electron chi connectivity index (χ2n) is 4.46. The van der Waals surface area contributed by atoms with Crippen molar-refractivity contribution >= 4 is 11.6 Å². The van der Waals surface area contributed by atoms with Crippen molar-refractivity contribution in [3.8, 4) is 5.75 Å². The summed E-state index contributed by atoms with van der Waals surface area (Å²) in [5.74, 6) is 0.954. The van der Waals surface area contributed by atoms with Gasteiger partial charge >= 0.3 is 0 Å². The van der Waals surface area contributed by atoms with Gasteiger partial charge in [0.1, 0.15) is 11.5 Å². The number of ketones is 2. The van der Waals surface area contributed by atoms with Crippen LogP contribution in [0.15, 0.2) is 24.3 Å². The molecule has 16 heavy (non-hydrogen) atoms. The Bertz CT molecular complexity index is 466. The third-order valence-electron chi connectivity index (χ3n) is 3.47. The van der Waals surface area contributed by atoms with Gasteiger partial charge in [-0.15, -0.1) is 0 Å². The van der Waals surface area contributed by atoms with Crippen molar-refractivity contribution in [3.05, 3.63) is 29.8 Å². The maximum Gasteiger partial charge on any atom is 0.210 e. The van der Waals surface area contributed by atoms with Gasteiger partial charge in [0.25, 0.3) is 0 Å². The Kier molecular flexibility index (Phi) is 1.90. The van der Waals surface area contributed by atoms with Crippen molar-refractivity contribution in [2.45, 2.75) is 31.3 Å². The Morgan fingerprint density at radius 2 is 1.75 bits per heavy atom. The van der Waals surface area contributed by atoms with Crippen LogP contribution in [0, 0.1) is 0 Å². The minimum atomic E-state index is -0.738. The summed E-state index contributed by atoms with van der Waals surface area (Å²) >= 11 is 0. The Morgan fingerprint density at radius 3 is 2.44 bits per heavy atom. The molecule has 0 bridgehead atoms. The molecule has 82 valence electrons. The van der Waals surface area contributed by atoms with Gasteiger partial charge in [0.05, 0.1) is 5.56 Å². The monoisotopic (exact) mass is 216 g/mol. The number of fused-ring (bicyclic) bond motifs is 1. The van der Waals surface area contributed by atoms with Crippen LogP contribution in [-0.4, -0.2) is 17.2 Å². The van der Waals surface area contributed by atoms with Gasteiger partial charge in [-0.1, -0.05) is 12.1 Å². The molecule has 3 rings (SSSR count). The molecule has 1 aromatic carbocycles. The number of hydrogen-bond acceptors (Lipinski definition) is 3. The number of carbonyl (C=O) groups is 2. The van der Waals surface area contributed by atoms with Gasteiger partial charge < -0.3 is 4.74 Å². The first-order valence-corrected chi connectivity index (χ1v) is 5.56. The van der Waals surface area contributed by atoms with E-state index in [4.69, 9.17) is 4.74 Å². The van der Waals surface area contributed by atoms with E-state index in [-0.39, 0.29) is 11.6 Å². The molecule has 0 aromatic heterocycles. The van der Waals surface area contributed by atoms with Gasteiger partial charge in [-0.05, 0) is 12.1 Å². The summed E-state index contributed by atoms with van der Waals surface area (Å²) in [4.78, 5) is 23.5. The first-order valence-electron chi connectivity index (χ1n) is 5.56. The molecule has 2 aliphatic rings. The Morgan fingerprint density at radius 1 is 1.06 bits per heavy atom. The van der Waals surface area contributed by atoms with Gasteiger partial charge in [0, 0.05) is 25.7 Å². The summed E-state index contributed by atoms with van der Waals surface area (Å²) in [6.07, 6.45) is 1.97. The summed E-state index contributed by atoms with van der Waals surface area (Å²) in [5, 5.41) is 0. The highest BCUT2D eigenvalue weighted by molar-refractivity contribution is 6.08. The highest BCUT2D eigenvalue weighted by atomic mass is 16.5. The molecule has 0 amide bonds. The average Bonchev–Trinajstić information content (AvgIpc) is 2.58. The molecule has 1 fully saturated rings. The minimum absolute atomic E-state index is 0.0515. The molecule has 0 N–H and O–H groups in total. The molecule has 1 spiro atoms. The van der Waals surface area contributed by atoms with E-state index in [2.05, 4.69) is 0 Å². The molecular formula is C13H12O3. The zero-order chi connectivity index (χ0) is 11.2. The molecule has 1 aliphatic heterocycles. The van der Waals surface area contributed by atoms with Crippen LogP contribution in [0.25, 0.3) is 0 Å². The predicted molar refractivity (Wildman–Crippen MR) is 57.6 cm³/mol. The molecule has 1 saturated carbocycles. The van der Waals surface area contributed by atoms with E-state index in [1.807, 2.05) is 18.2 Å². The molecule has 3 nitrogen and oxygen atoms in total. The van der Waals surface area contributed by atoms with E-state index >= 15 is 0 Å². The van der Waals surface area contributed by atoms with Gasteiger partial charge in [-0.25, -0.2) is 0 Å². The van der Waals surface area contributed by atoms with Crippen LogP contribution >= 0.6 is 0 Å². The van der Waals surface area contributed by atoms with Crippen molar-refractivity contribution in [1.82, 2.24) is 0 Å². The van der Waals surface area contributed by atoms with Crippen LogP contribution in [0.3, 0.4) is 0 Å². The molecular weight excluding hydrogens is 204 g/mol. The number of carbonyl (C=O) groups excluding carboxylic acids is 2. The van der Waals surface area contributed by atoms with Crippen LogP contribution in [0.2, 0.25) is 0 Å². The van der Waals surface area contributed by atoms with E-state index in [1.54, 1.807) is 6.07 Å².